The molecule has 0 N–H and O–H groups in total. The molecule has 0 unspecified atom stereocenters. The van der Waals surface area contributed by atoms with E-state index in [1.54, 1.807) is 13.0 Å². The molecule has 0 aliphatic carbocycles. The van der Waals surface area contributed by atoms with Crippen LogP contribution in [-0.2, 0) is 0 Å². The molecule has 0 aliphatic heterocycles. The summed E-state index contributed by atoms with van der Waals surface area (Å²) in [4.78, 5) is 21.7. The highest BCUT2D eigenvalue weighted by Crippen LogP contribution is 2.16. The van der Waals surface area contributed by atoms with Gasteiger partial charge in [-0.05, 0) is 42.3 Å². The fourth-order valence-corrected chi connectivity index (χ4v) is 1.31. The number of hydrogen-bond acceptors (Lipinski definition) is 2. The second-order valence-electron chi connectivity index (χ2n) is 2.60. The van der Waals surface area contributed by atoms with Crippen molar-refractivity contribution in [1.82, 2.24) is 0 Å². The van der Waals surface area contributed by atoms with Gasteiger partial charge in [-0.25, -0.2) is 0 Å². The van der Waals surface area contributed by atoms with Crippen molar-refractivity contribution in [2.24, 2.45) is 0 Å². The molecule has 68 valence electrons. The summed E-state index contributed by atoms with van der Waals surface area (Å²) in [5.41, 5.74) is 1.15. The van der Waals surface area contributed by atoms with Crippen molar-refractivity contribution in [3.05, 3.63) is 34.9 Å². The molecule has 0 saturated heterocycles. The zero-order valence-electron chi connectivity index (χ0n) is 6.80. The standard InChI is InChI=1S/C9H6Cl2O2/c1-5-2-3-6(8(10)12)7(4-5)9(11)13/h2-4H,1H3. The lowest BCUT2D eigenvalue weighted by atomic mass is 10.1. The van der Waals surface area contributed by atoms with E-state index in [1.807, 2.05) is 0 Å². The zero-order chi connectivity index (χ0) is 10.0. The summed E-state index contributed by atoms with van der Waals surface area (Å²) in [6.07, 6.45) is 0. The van der Waals surface area contributed by atoms with E-state index in [4.69, 9.17) is 23.2 Å². The van der Waals surface area contributed by atoms with E-state index in [1.165, 1.54) is 12.1 Å². The van der Waals surface area contributed by atoms with Crippen molar-refractivity contribution >= 4 is 33.7 Å². The fourth-order valence-electron chi connectivity index (χ4n) is 0.992. The van der Waals surface area contributed by atoms with Gasteiger partial charge >= 0.3 is 0 Å². The Morgan fingerprint density at radius 2 is 1.62 bits per heavy atom. The summed E-state index contributed by atoms with van der Waals surface area (Å²) in [7, 11) is 0. The molecule has 1 rings (SSSR count). The largest absolute Gasteiger partial charge is 0.276 e. The minimum atomic E-state index is -0.677. The third-order valence-corrected chi connectivity index (χ3v) is 2.01. The number of halogens is 2. The minimum Gasteiger partial charge on any atom is -0.276 e. The first-order chi connectivity index (χ1) is 6.02. The number of carbonyl (C=O) groups excluding carboxylic acids is 2. The van der Waals surface area contributed by atoms with Crippen molar-refractivity contribution < 1.29 is 9.59 Å². The smallest absolute Gasteiger partial charge is 0.253 e. The molecule has 0 radical (unpaired) electrons. The van der Waals surface area contributed by atoms with Crippen molar-refractivity contribution in [1.29, 1.82) is 0 Å². The van der Waals surface area contributed by atoms with Crippen LogP contribution in [0, 0.1) is 6.92 Å². The van der Waals surface area contributed by atoms with Crippen LogP contribution in [0.5, 0.6) is 0 Å². The van der Waals surface area contributed by atoms with Crippen molar-refractivity contribution in [3.63, 3.8) is 0 Å². The molecule has 0 saturated carbocycles. The molecule has 0 spiro atoms. The predicted molar refractivity (Wildman–Crippen MR) is 51.5 cm³/mol. The van der Waals surface area contributed by atoms with E-state index >= 15 is 0 Å². The molecular weight excluding hydrogens is 211 g/mol. The first-order valence-corrected chi connectivity index (χ1v) is 4.28. The third kappa shape index (κ3) is 2.29. The van der Waals surface area contributed by atoms with Crippen molar-refractivity contribution in [2.75, 3.05) is 0 Å². The second-order valence-corrected chi connectivity index (χ2v) is 3.28. The summed E-state index contributed by atoms with van der Waals surface area (Å²) >= 11 is 10.5. The van der Waals surface area contributed by atoms with E-state index < -0.39 is 10.5 Å². The molecule has 4 heteroatoms. The Labute approximate surface area is 85.5 Å². The summed E-state index contributed by atoms with van der Waals surface area (Å²) in [5.74, 6) is 0. The Hall–Kier alpha value is -0.860. The van der Waals surface area contributed by atoms with Gasteiger partial charge in [-0.1, -0.05) is 11.6 Å². The molecule has 0 aromatic heterocycles. The highest BCUT2D eigenvalue weighted by Gasteiger charge is 2.13. The molecular formula is C9H6Cl2O2. The lowest BCUT2D eigenvalue weighted by Gasteiger charge is -2.01. The van der Waals surface area contributed by atoms with Gasteiger partial charge in [0.05, 0.1) is 0 Å². The summed E-state index contributed by atoms with van der Waals surface area (Å²) < 4.78 is 0. The van der Waals surface area contributed by atoms with E-state index in [0.29, 0.717) is 0 Å². The van der Waals surface area contributed by atoms with E-state index in [2.05, 4.69) is 0 Å². The first kappa shape index (κ1) is 10.2. The number of hydrogen-bond donors (Lipinski definition) is 0. The maximum absolute atomic E-state index is 10.9. The normalized spacial score (nSPS) is 9.77. The molecule has 2 nitrogen and oxygen atoms in total. The van der Waals surface area contributed by atoms with E-state index in [9.17, 15) is 9.59 Å². The fraction of sp³-hybridized carbons (Fsp3) is 0.111. The SMILES string of the molecule is Cc1ccc(C(=O)Cl)c(C(=O)Cl)c1. The van der Waals surface area contributed by atoms with Gasteiger partial charge in [-0.15, -0.1) is 0 Å². The van der Waals surface area contributed by atoms with Crippen LogP contribution >= 0.6 is 23.2 Å². The summed E-state index contributed by atoms with van der Waals surface area (Å²) in [5, 5.41) is -1.35. The number of aryl methyl sites for hydroxylation is 1. The van der Waals surface area contributed by atoms with Crippen molar-refractivity contribution in [3.8, 4) is 0 Å². The maximum atomic E-state index is 10.9. The molecule has 0 atom stereocenters. The number of benzene rings is 1. The average Bonchev–Trinajstić information content (AvgIpc) is 2.03. The highest BCUT2D eigenvalue weighted by molar-refractivity contribution is 6.71. The topological polar surface area (TPSA) is 34.1 Å². The highest BCUT2D eigenvalue weighted by atomic mass is 35.5. The molecule has 1 aromatic rings. The van der Waals surface area contributed by atoms with Gasteiger partial charge in [0.1, 0.15) is 0 Å². The number of rotatable bonds is 2. The van der Waals surface area contributed by atoms with Gasteiger partial charge in [0.2, 0.25) is 0 Å². The van der Waals surface area contributed by atoms with Crippen LogP contribution in [0.3, 0.4) is 0 Å². The quantitative estimate of drug-likeness (QED) is 0.713. The van der Waals surface area contributed by atoms with Gasteiger partial charge in [0.25, 0.3) is 10.5 Å². The monoisotopic (exact) mass is 216 g/mol. The van der Waals surface area contributed by atoms with Crippen LogP contribution < -0.4 is 0 Å². The van der Waals surface area contributed by atoms with Gasteiger partial charge in [-0.2, -0.15) is 0 Å². The molecule has 1 aromatic carbocycles. The predicted octanol–water partition coefficient (Wildman–Crippen LogP) is 2.75. The van der Waals surface area contributed by atoms with Crippen LogP contribution in [0.4, 0.5) is 0 Å². The van der Waals surface area contributed by atoms with E-state index in [0.717, 1.165) is 5.56 Å². The molecule has 0 amide bonds. The molecule has 0 bridgehead atoms. The van der Waals surface area contributed by atoms with Gasteiger partial charge in [0.15, 0.2) is 0 Å². The molecule has 0 aliphatic rings. The van der Waals surface area contributed by atoms with E-state index in [-0.39, 0.29) is 11.1 Å². The summed E-state index contributed by atoms with van der Waals surface area (Å²) in [6.45, 7) is 1.80. The van der Waals surface area contributed by atoms with Crippen LogP contribution in [0.1, 0.15) is 26.3 Å². The zero-order valence-corrected chi connectivity index (χ0v) is 8.32. The van der Waals surface area contributed by atoms with Crippen LogP contribution in [0.2, 0.25) is 0 Å². The van der Waals surface area contributed by atoms with Gasteiger partial charge in [-0.3, -0.25) is 9.59 Å². The van der Waals surface area contributed by atoms with Gasteiger partial charge < -0.3 is 0 Å². The van der Waals surface area contributed by atoms with Crippen LogP contribution in [0.15, 0.2) is 18.2 Å². The Balaban J connectivity index is 3.35. The minimum absolute atomic E-state index is 0.146. The third-order valence-electron chi connectivity index (χ3n) is 1.60. The average molecular weight is 217 g/mol. The Morgan fingerprint density at radius 1 is 1.08 bits per heavy atom. The molecule has 0 heterocycles. The molecule has 0 fully saturated rings. The van der Waals surface area contributed by atoms with Crippen LogP contribution in [0.25, 0.3) is 0 Å². The Bertz CT molecular complexity index is 372. The lowest BCUT2D eigenvalue weighted by molar-refractivity contribution is 0.105. The Kier molecular flexibility index (Phi) is 3.07. The molecule has 13 heavy (non-hydrogen) atoms. The lowest BCUT2D eigenvalue weighted by Crippen LogP contribution is -2.00. The van der Waals surface area contributed by atoms with Crippen LogP contribution in [-0.4, -0.2) is 10.5 Å². The van der Waals surface area contributed by atoms with Gasteiger partial charge in [0, 0.05) is 11.1 Å². The van der Waals surface area contributed by atoms with Crippen molar-refractivity contribution in [2.45, 2.75) is 6.92 Å². The summed E-state index contributed by atoms with van der Waals surface area (Å²) in [6, 6.07) is 4.71. The maximum Gasteiger partial charge on any atom is 0.253 e. The second kappa shape index (κ2) is 3.90. The Morgan fingerprint density at radius 3 is 2.08 bits per heavy atom. The number of carbonyl (C=O) groups is 2. The first-order valence-electron chi connectivity index (χ1n) is 3.52.